The van der Waals surface area contributed by atoms with Crippen LogP contribution in [-0.4, -0.2) is 7.11 Å². The van der Waals surface area contributed by atoms with E-state index in [9.17, 15) is 4.39 Å². The van der Waals surface area contributed by atoms with Crippen molar-refractivity contribution in [2.24, 2.45) is 0 Å². The van der Waals surface area contributed by atoms with Crippen molar-refractivity contribution in [3.63, 3.8) is 0 Å². The number of rotatable bonds is 4. The van der Waals surface area contributed by atoms with Crippen LogP contribution in [0.4, 0.5) is 10.1 Å². The average Bonchev–Trinajstić information content (AvgIpc) is 2.40. The Hall–Kier alpha value is -1.26. The normalized spacial score (nSPS) is 10.3. The number of ether oxygens (including phenoxy) is 1. The van der Waals surface area contributed by atoms with Crippen LogP contribution < -0.4 is 10.1 Å². The molecule has 100 valence electrons. The summed E-state index contributed by atoms with van der Waals surface area (Å²) in [6.45, 7) is 0.492. The third-order valence-electron chi connectivity index (χ3n) is 2.64. The zero-order valence-electron chi connectivity index (χ0n) is 10.2. The number of hydrogen-bond donors (Lipinski definition) is 1. The molecule has 0 aromatic heterocycles. The molecular weight excluding hydrogens is 333 g/mol. The number of methoxy groups -OCH3 is 1. The number of benzene rings is 2. The van der Waals surface area contributed by atoms with E-state index in [2.05, 4.69) is 21.2 Å². The fourth-order valence-corrected chi connectivity index (χ4v) is 2.30. The van der Waals surface area contributed by atoms with E-state index in [0.29, 0.717) is 17.3 Å². The Kier molecular flexibility index (Phi) is 4.66. The summed E-state index contributed by atoms with van der Waals surface area (Å²) < 4.78 is 19.4. The molecular formula is C14H12BrClFNO. The summed E-state index contributed by atoms with van der Waals surface area (Å²) in [5.74, 6) is 0.441. The van der Waals surface area contributed by atoms with Gasteiger partial charge in [-0.05, 0) is 36.4 Å². The van der Waals surface area contributed by atoms with Crippen LogP contribution in [0.2, 0.25) is 5.02 Å². The summed E-state index contributed by atoms with van der Waals surface area (Å²) in [4.78, 5) is 0. The molecule has 0 fully saturated rings. The van der Waals surface area contributed by atoms with Gasteiger partial charge in [-0.3, -0.25) is 0 Å². The minimum atomic E-state index is -0.326. The Bertz CT molecular complexity index is 592. The first-order valence-electron chi connectivity index (χ1n) is 5.61. The molecule has 2 aromatic rings. The molecule has 0 saturated carbocycles. The monoisotopic (exact) mass is 343 g/mol. The lowest BCUT2D eigenvalue weighted by Gasteiger charge is -2.12. The Morgan fingerprint density at radius 2 is 2.05 bits per heavy atom. The molecule has 0 spiro atoms. The third kappa shape index (κ3) is 3.61. The van der Waals surface area contributed by atoms with Crippen LogP contribution in [0.15, 0.2) is 40.9 Å². The van der Waals surface area contributed by atoms with Gasteiger partial charge in [-0.25, -0.2) is 4.39 Å². The maximum Gasteiger partial charge on any atom is 0.125 e. The molecule has 0 unspecified atom stereocenters. The summed E-state index contributed by atoms with van der Waals surface area (Å²) in [6, 6.07) is 9.93. The van der Waals surface area contributed by atoms with E-state index in [1.807, 2.05) is 18.2 Å². The van der Waals surface area contributed by atoms with Crippen molar-refractivity contribution in [1.29, 1.82) is 0 Å². The lowest BCUT2D eigenvalue weighted by Crippen LogP contribution is -2.02. The highest BCUT2D eigenvalue weighted by atomic mass is 79.9. The number of nitrogens with one attached hydrogen (secondary N) is 1. The van der Waals surface area contributed by atoms with E-state index in [4.69, 9.17) is 16.3 Å². The van der Waals surface area contributed by atoms with Crippen molar-refractivity contribution in [3.8, 4) is 5.75 Å². The molecule has 0 radical (unpaired) electrons. The molecule has 2 nitrogen and oxygen atoms in total. The zero-order valence-corrected chi connectivity index (χ0v) is 12.6. The van der Waals surface area contributed by atoms with Crippen molar-refractivity contribution in [2.45, 2.75) is 6.54 Å². The quantitative estimate of drug-likeness (QED) is 0.855. The molecule has 0 aliphatic carbocycles. The molecule has 0 aliphatic rings. The van der Waals surface area contributed by atoms with Crippen molar-refractivity contribution in [3.05, 3.63) is 57.3 Å². The van der Waals surface area contributed by atoms with Crippen LogP contribution >= 0.6 is 27.5 Å². The van der Waals surface area contributed by atoms with Gasteiger partial charge in [0.1, 0.15) is 11.6 Å². The van der Waals surface area contributed by atoms with E-state index in [1.165, 1.54) is 18.2 Å². The Labute approximate surface area is 124 Å². The first kappa shape index (κ1) is 14.2. The number of halogens is 3. The largest absolute Gasteiger partial charge is 0.496 e. The van der Waals surface area contributed by atoms with Crippen LogP contribution in [0, 0.1) is 5.82 Å². The minimum absolute atomic E-state index is 0.326. The summed E-state index contributed by atoms with van der Waals surface area (Å²) in [5.41, 5.74) is 1.51. The van der Waals surface area contributed by atoms with Crippen LogP contribution in [0.5, 0.6) is 5.75 Å². The topological polar surface area (TPSA) is 21.3 Å². The van der Waals surface area contributed by atoms with Crippen molar-refractivity contribution < 1.29 is 9.13 Å². The van der Waals surface area contributed by atoms with Gasteiger partial charge in [0.05, 0.1) is 17.8 Å². The summed E-state index contributed by atoms with van der Waals surface area (Å²) in [7, 11) is 1.61. The molecule has 19 heavy (non-hydrogen) atoms. The zero-order chi connectivity index (χ0) is 13.8. The Morgan fingerprint density at radius 3 is 2.79 bits per heavy atom. The molecule has 0 atom stereocenters. The van der Waals surface area contributed by atoms with Gasteiger partial charge in [-0.2, -0.15) is 0 Å². The van der Waals surface area contributed by atoms with Crippen molar-refractivity contribution in [2.75, 3.05) is 12.4 Å². The minimum Gasteiger partial charge on any atom is -0.496 e. The van der Waals surface area contributed by atoms with Crippen LogP contribution in [0.1, 0.15) is 5.56 Å². The number of anilines is 1. The summed E-state index contributed by atoms with van der Waals surface area (Å²) in [5, 5.41) is 3.58. The first-order chi connectivity index (χ1) is 9.10. The summed E-state index contributed by atoms with van der Waals surface area (Å²) in [6.07, 6.45) is 0. The molecule has 2 rings (SSSR count). The van der Waals surface area contributed by atoms with Gasteiger partial charge in [0, 0.05) is 16.6 Å². The van der Waals surface area contributed by atoms with Crippen molar-refractivity contribution >= 4 is 33.2 Å². The first-order valence-corrected chi connectivity index (χ1v) is 6.78. The van der Waals surface area contributed by atoms with Gasteiger partial charge in [0.25, 0.3) is 0 Å². The second kappa shape index (κ2) is 6.26. The van der Waals surface area contributed by atoms with E-state index in [0.717, 1.165) is 15.8 Å². The van der Waals surface area contributed by atoms with Gasteiger partial charge in [-0.15, -0.1) is 0 Å². The molecule has 0 bridgehead atoms. The molecule has 0 saturated heterocycles. The summed E-state index contributed by atoms with van der Waals surface area (Å²) >= 11 is 9.41. The highest BCUT2D eigenvalue weighted by Gasteiger charge is 2.06. The molecule has 0 heterocycles. The molecule has 0 aliphatic heterocycles. The smallest absolute Gasteiger partial charge is 0.125 e. The van der Waals surface area contributed by atoms with Gasteiger partial charge in [0.15, 0.2) is 0 Å². The van der Waals surface area contributed by atoms with Gasteiger partial charge in [0.2, 0.25) is 0 Å². The lowest BCUT2D eigenvalue weighted by molar-refractivity contribution is 0.410. The van der Waals surface area contributed by atoms with Crippen LogP contribution in [-0.2, 0) is 6.54 Å². The van der Waals surface area contributed by atoms with Gasteiger partial charge < -0.3 is 10.1 Å². The second-order valence-corrected chi connectivity index (χ2v) is 5.26. The highest BCUT2D eigenvalue weighted by molar-refractivity contribution is 9.10. The molecule has 5 heteroatoms. The van der Waals surface area contributed by atoms with E-state index < -0.39 is 0 Å². The standard InChI is InChI=1S/C14H12BrClFNO/c1-19-14-5-2-10(15)6-9(14)8-18-13-7-11(17)3-4-12(13)16/h2-7,18H,8H2,1H3. The fraction of sp³-hybridized carbons (Fsp3) is 0.143. The SMILES string of the molecule is COc1ccc(Br)cc1CNc1cc(F)ccc1Cl. The highest BCUT2D eigenvalue weighted by Crippen LogP contribution is 2.26. The third-order valence-corrected chi connectivity index (χ3v) is 3.46. The predicted molar refractivity (Wildman–Crippen MR) is 79.4 cm³/mol. The van der Waals surface area contributed by atoms with E-state index in [1.54, 1.807) is 7.11 Å². The van der Waals surface area contributed by atoms with Gasteiger partial charge >= 0.3 is 0 Å². The maximum atomic E-state index is 13.2. The van der Waals surface area contributed by atoms with E-state index in [-0.39, 0.29) is 5.82 Å². The van der Waals surface area contributed by atoms with Crippen molar-refractivity contribution in [1.82, 2.24) is 0 Å². The van der Waals surface area contributed by atoms with Gasteiger partial charge in [-0.1, -0.05) is 27.5 Å². The maximum absolute atomic E-state index is 13.2. The predicted octanol–water partition coefficient (Wildman–Crippen LogP) is 4.86. The van der Waals surface area contributed by atoms with E-state index >= 15 is 0 Å². The lowest BCUT2D eigenvalue weighted by atomic mass is 10.2. The number of hydrogen-bond acceptors (Lipinski definition) is 2. The Morgan fingerprint density at radius 1 is 1.26 bits per heavy atom. The van der Waals surface area contributed by atoms with Crippen LogP contribution in [0.3, 0.4) is 0 Å². The Balaban J connectivity index is 2.18. The average molecular weight is 345 g/mol. The molecule has 0 amide bonds. The second-order valence-electron chi connectivity index (χ2n) is 3.93. The molecule has 2 aromatic carbocycles. The van der Waals surface area contributed by atoms with Crippen LogP contribution in [0.25, 0.3) is 0 Å². The fourth-order valence-electron chi connectivity index (χ4n) is 1.71. The molecule has 1 N–H and O–H groups in total.